The topological polar surface area (TPSA) is 23.5 Å². The van der Waals surface area contributed by atoms with Gasteiger partial charge in [-0.05, 0) is 25.9 Å². The highest BCUT2D eigenvalue weighted by molar-refractivity contribution is 5.85. The minimum absolute atomic E-state index is 0. The van der Waals surface area contributed by atoms with Gasteiger partial charge in [0.2, 0.25) is 0 Å². The summed E-state index contributed by atoms with van der Waals surface area (Å²) in [5.41, 5.74) is 0. The van der Waals surface area contributed by atoms with Gasteiger partial charge in [-0.1, -0.05) is 13.8 Å². The van der Waals surface area contributed by atoms with Crippen LogP contribution >= 0.6 is 12.4 Å². The highest BCUT2D eigenvalue weighted by Gasteiger charge is 2.30. The zero-order valence-electron chi connectivity index (χ0n) is 7.29. The van der Waals surface area contributed by atoms with E-state index in [0.717, 1.165) is 25.9 Å². The summed E-state index contributed by atoms with van der Waals surface area (Å²) in [6.45, 7) is 6.59. The molecule has 0 spiro atoms. The second kappa shape index (κ2) is 4.96. The Morgan fingerprint density at radius 2 is 1.73 bits per heavy atom. The zero-order chi connectivity index (χ0) is 7.56. The lowest BCUT2D eigenvalue weighted by atomic mass is 9.88. The van der Waals surface area contributed by atoms with Gasteiger partial charge in [0.05, 0.1) is 6.10 Å². The molecule has 0 radical (unpaired) electrons. The van der Waals surface area contributed by atoms with E-state index in [2.05, 4.69) is 18.7 Å². The molecule has 0 aromatic rings. The van der Waals surface area contributed by atoms with Gasteiger partial charge in [0.15, 0.2) is 0 Å². The Balaban J connectivity index is 0.000001000. The van der Waals surface area contributed by atoms with Crippen molar-refractivity contribution < 1.29 is 5.11 Å². The molecule has 1 aliphatic rings. The summed E-state index contributed by atoms with van der Waals surface area (Å²) in [5, 5.41) is 9.03. The van der Waals surface area contributed by atoms with Gasteiger partial charge >= 0.3 is 0 Å². The molecule has 0 unspecified atom stereocenters. The first-order valence-electron chi connectivity index (χ1n) is 4.20. The number of rotatable bonds is 3. The number of hydrogen-bond donors (Lipinski definition) is 1. The van der Waals surface area contributed by atoms with E-state index in [1.54, 1.807) is 0 Å². The molecule has 0 aromatic carbocycles. The summed E-state index contributed by atoms with van der Waals surface area (Å²) in [4.78, 5) is 2.41. The predicted octanol–water partition coefficient (Wildman–Crippen LogP) is 1.27. The summed E-state index contributed by atoms with van der Waals surface area (Å²) in [6, 6.07) is 0.671. The lowest BCUT2D eigenvalue weighted by molar-refractivity contribution is 0.00587. The van der Waals surface area contributed by atoms with E-state index in [1.165, 1.54) is 0 Å². The maximum atomic E-state index is 9.03. The van der Waals surface area contributed by atoms with Crippen LogP contribution in [-0.4, -0.2) is 35.2 Å². The van der Waals surface area contributed by atoms with Crippen LogP contribution in [0.3, 0.4) is 0 Å². The van der Waals surface area contributed by atoms with Crippen LogP contribution in [0.1, 0.15) is 26.7 Å². The third-order valence-electron chi connectivity index (χ3n) is 2.42. The van der Waals surface area contributed by atoms with Gasteiger partial charge in [0.1, 0.15) is 0 Å². The summed E-state index contributed by atoms with van der Waals surface area (Å²) < 4.78 is 0. The third kappa shape index (κ3) is 2.62. The van der Waals surface area contributed by atoms with Crippen LogP contribution in [0.4, 0.5) is 0 Å². The van der Waals surface area contributed by atoms with Crippen LogP contribution in [0.2, 0.25) is 0 Å². The monoisotopic (exact) mass is 179 g/mol. The minimum atomic E-state index is -0.00870. The van der Waals surface area contributed by atoms with Crippen LogP contribution in [-0.2, 0) is 0 Å². The van der Waals surface area contributed by atoms with Gasteiger partial charge in [-0.25, -0.2) is 0 Å². The van der Waals surface area contributed by atoms with Crippen molar-refractivity contribution in [1.82, 2.24) is 4.90 Å². The standard InChI is InChI=1S/C8H17NO.ClH/c1-3-9(4-2)7-5-8(10)6-7;/h7-8,10H,3-6H2,1-2H3;1H. The smallest absolute Gasteiger partial charge is 0.0570 e. The van der Waals surface area contributed by atoms with Crippen molar-refractivity contribution in [1.29, 1.82) is 0 Å². The summed E-state index contributed by atoms with van der Waals surface area (Å²) in [5.74, 6) is 0. The first kappa shape index (κ1) is 11.2. The molecule has 1 fully saturated rings. The Morgan fingerprint density at radius 1 is 1.27 bits per heavy atom. The van der Waals surface area contributed by atoms with Crippen LogP contribution in [0, 0.1) is 0 Å². The highest BCUT2D eigenvalue weighted by Crippen LogP contribution is 2.24. The molecule has 0 aromatic heterocycles. The summed E-state index contributed by atoms with van der Waals surface area (Å²) in [6.07, 6.45) is 1.97. The maximum absolute atomic E-state index is 9.03. The van der Waals surface area contributed by atoms with Crippen molar-refractivity contribution >= 4 is 12.4 Å². The quantitative estimate of drug-likeness (QED) is 0.706. The molecule has 3 heteroatoms. The van der Waals surface area contributed by atoms with Crippen LogP contribution < -0.4 is 0 Å². The maximum Gasteiger partial charge on any atom is 0.0570 e. The van der Waals surface area contributed by atoms with E-state index < -0.39 is 0 Å². The number of nitrogens with zero attached hydrogens (tertiary/aromatic N) is 1. The Hall–Kier alpha value is 0.210. The van der Waals surface area contributed by atoms with Crippen molar-refractivity contribution in [3.8, 4) is 0 Å². The largest absolute Gasteiger partial charge is 0.393 e. The summed E-state index contributed by atoms with van der Waals surface area (Å²) >= 11 is 0. The fourth-order valence-electron chi connectivity index (χ4n) is 1.60. The summed E-state index contributed by atoms with van der Waals surface area (Å²) in [7, 11) is 0. The minimum Gasteiger partial charge on any atom is -0.393 e. The van der Waals surface area contributed by atoms with Crippen LogP contribution in [0.15, 0.2) is 0 Å². The van der Waals surface area contributed by atoms with E-state index in [1.807, 2.05) is 0 Å². The SMILES string of the molecule is CCN(CC)C1CC(O)C1.Cl. The first-order chi connectivity index (χ1) is 4.77. The average Bonchev–Trinajstić information content (AvgIpc) is 1.87. The Kier molecular flexibility index (Phi) is 5.06. The second-order valence-electron chi connectivity index (χ2n) is 3.00. The van der Waals surface area contributed by atoms with E-state index in [0.29, 0.717) is 6.04 Å². The van der Waals surface area contributed by atoms with E-state index in [4.69, 9.17) is 5.11 Å². The molecule has 0 saturated heterocycles. The average molecular weight is 180 g/mol. The lowest BCUT2D eigenvalue weighted by Crippen LogP contribution is -2.46. The molecule has 0 atom stereocenters. The van der Waals surface area contributed by atoms with E-state index >= 15 is 0 Å². The van der Waals surface area contributed by atoms with Crippen molar-refractivity contribution in [3.63, 3.8) is 0 Å². The zero-order valence-corrected chi connectivity index (χ0v) is 8.10. The Labute approximate surface area is 75.0 Å². The van der Waals surface area contributed by atoms with E-state index in [-0.39, 0.29) is 18.5 Å². The second-order valence-corrected chi connectivity index (χ2v) is 3.00. The van der Waals surface area contributed by atoms with E-state index in [9.17, 15) is 0 Å². The van der Waals surface area contributed by atoms with Crippen molar-refractivity contribution in [3.05, 3.63) is 0 Å². The lowest BCUT2D eigenvalue weighted by Gasteiger charge is -2.39. The molecule has 0 heterocycles. The van der Waals surface area contributed by atoms with Crippen LogP contribution in [0.5, 0.6) is 0 Å². The molecule has 1 saturated carbocycles. The normalized spacial score (nSPS) is 29.5. The van der Waals surface area contributed by atoms with Gasteiger partial charge < -0.3 is 10.0 Å². The van der Waals surface area contributed by atoms with Gasteiger partial charge in [-0.3, -0.25) is 0 Å². The van der Waals surface area contributed by atoms with Gasteiger partial charge in [0, 0.05) is 6.04 Å². The molecule has 1 aliphatic carbocycles. The molecular formula is C8H18ClNO. The molecule has 0 amide bonds. The number of halogens is 1. The third-order valence-corrected chi connectivity index (χ3v) is 2.42. The molecule has 2 nitrogen and oxygen atoms in total. The Morgan fingerprint density at radius 3 is 2.00 bits per heavy atom. The van der Waals surface area contributed by atoms with Crippen molar-refractivity contribution in [2.45, 2.75) is 38.8 Å². The van der Waals surface area contributed by atoms with Crippen molar-refractivity contribution in [2.75, 3.05) is 13.1 Å². The number of aliphatic hydroxyl groups excluding tert-OH is 1. The molecular weight excluding hydrogens is 162 g/mol. The first-order valence-corrected chi connectivity index (χ1v) is 4.20. The molecule has 1 N–H and O–H groups in total. The molecule has 1 rings (SSSR count). The fourth-order valence-corrected chi connectivity index (χ4v) is 1.60. The molecule has 0 bridgehead atoms. The molecule has 0 aliphatic heterocycles. The molecule has 11 heavy (non-hydrogen) atoms. The predicted molar refractivity (Wildman–Crippen MR) is 49.2 cm³/mol. The van der Waals surface area contributed by atoms with Crippen LogP contribution in [0.25, 0.3) is 0 Å². The van der Waals surface area contributed by atoms with Crippen molar-refractivity contribution in [2.24, 2.45) is 0 Å². The van der Waals surface area contributed by atoms with Gasteiger partial charge in [-0.2, -0.15) is 0 Å². The fraction of sp³-hybridized carbons (Fsp3) is 1.00. The highest BCUT2D eigenvalue weighted by atomic mass is 35.5. The number of aliphatic hydroxyl groups is 1. The van der Waals surface area contributed by atoms with Gasteiger partial charge in [0.25, 0.3) is 0 Å². The van der Waals surface area contributed by atoms with Gasteiger partial charge in [-0.15, -0.1) is 12.4 Å². The number of hydrogen-bond acceptors (Lipinski definition) is 2. The molecule has 68 valence electrons. The Bertz CT molecular complexity index is 100.